The molecule has 0 unspecified atom stereocenters. The maximum atomic E-state index is 11.4. The van der Waals surface area contributed by atoms with Gasteiger partial charge in [-0.3, -0.25) is 0 Å². The number of hydrogen-bond acceptors (Lipinski definition) is 3. The Kier molecular flexibility index (Phi) is 3.59. The maximum Gasteiger partial charge on any atom is 0.416 e. The highest BCUT2D eigenvalue weighted by Gasteiger charge is 2.23. The molecule has 0 aliphatic carbocycles. The predicted molar refractivity (Wildman–Crippen MR) is 70.0 cm³/mol. The quantitative estimate of drug-likeness (QED) is 0.394. The number of benzene rings is 2. The molecule has 96 valence electrons. The van der Waals surface area contributed by atoms with Gasteiger partial charge < -0.3 is 15.4 Å². The number of ether oxygens (including phenoxy) is 1. The lowest BCUT2D eigenvalue weighted by Crippen LogP contribution is -2.19. The van der Waals surface area contributed by atoms with Crippen LogP contribution in [-0.2, 0) is 16.0 Å². The summed E-state index contributed by atoms with van der Waals surface area (Å²) in [6, 6.07) is 10.8. The van der Waals surface area contributed by atoms with Crippen molar-refractivity contribution in [2.24, 2.45) is 0 Å². The molecule has 19 heavy (non-hydrogen) atoms. The van der Waals surface area contributed by atoms with Crippen molar-refractivity contribution in [1.29, 1.82) is 0 Å². The van der Waals surface area contributed by atoms with Gasteiger partial charge in [-0.25, -0.2) is 4.79 Å². The van der Waals surface area contributed by atoms with Gasteiger partial charge in [-0.05, 0) is 16.8 Å². The van der Waals surface area contributed by atoms with Crippen LogP contribution in [0.2, 0.25) is 0 Å². The van der Waals surface area contributed by atoms with Gasteiger partial charge in [0.15, 0.2) is 0 Å². The maximum absolute atomic E-state index is 11.4. The van der Waals surface area contributed by atoms with Gasteiger partial charge in [-0.2, -0.15) is 4.79 Å². The predicted octanol–water partition coefficient (Wildman–Crippen LogP) is 1.93. The second kappa shape index (κ2) is 5.33. The van der Waals surface area contributed by atoms with Crippen LogP contribution in [0.3, 0.4) is 0 Å². The Morgan fingerprint density at radius 3 is 2.74 bits per heavy atom. The molecule has 2 aromatic rings. The fraction of sp³-hybridized carbons (Fsp3) is 0.143. The lowest BCUT2D eigenvalue weighted by Gasteiger charge is -2.06. The van der Waals surface area contributed by atoms with Crippen LogP contribution in [0.15, 0.2) is 36.4 Å². The molecule has 0 aliphatic heterocycles. The number of esters is 1. The van der Waals surface area contributed by atoms with E-state index in [0.29, 0.717) is 5.56 Å². The zero-order valence-corrected chi connectivity index (χ0v) is 10.3. The second-order valence-electron chi connectivity index (χ2n) is 4.00. The highest BCUT2D eigenvalue weighted by molar-refractivity contribution is 6.34. The van der Waals surface area contributed by atoms with Crippen molar-refractivity contribution in [3.8, 4) is 5.75 Å². The molecule has 2 rings (SSSR count). The minimum atomic E-state index is -0.727. The summed E-state index contributed by atoms with van der Waals surface area (Å²) in [6.07, 6.45) is -0.00361. The molecule has 0 heterocycles. The molecule has 5 heteroatoms. The van der Waals surface area contributed by atoms with E-state index in [1.807, 2.05) is 24.3 Å². The Bertz CT molecular complexity index is 688. The van der Waals surface area contributed by atoms with Crippen LogP contribution < -0.4 is 0 Å². The van der Waals surface area contributed by atoms with Crippen molar-refractivity contribution in [2.75, 3.05) is 7.11 Å². The highest BCUT2D eigenvalue weighted by Crippen LogP contribution is 2.27. The van der Waals surface area contributed by atoms with E-state index in [1.165, 1.54) is 7.11 Å². The number of fused-ring (bicyclic) bond motifs is 1. The van der Waals surface area contributed by atoms with Crippen LogP contribution in [0.4, 0.5) is 0 Å². The summed E-state index contributed by atoms with van der Waals surface area (Å²) in [7, 11) is 1.20. The van der Waals surface area contributed by atoms with Crippen molar-refractivity contribution in [1.82, 2.24) is 0 Å². The van der Waals surface area contributed by atoms with Crippen molar-refractivity contribution < 1.29 is 19.4 Å². The summed E-state index contributed by atoms with van der Waals surface area (Å²) in [4.78, 5) is 14.3. The molecule has 0 atom stereocenters. The number of carbonyl (C=O) groups is 1. The number of phenolic OH excluding ortho intramolecular Hbond substituents is 1. The number of carbonyl (C=O) groups excluding carboxylic acids is 1. The highest BCUT2D eigenvalue weighted by atomic mass is 16.5. The van der Waals surface area contributed by atoms with E-state index in [1.54, 1.807) is 12.1 Å². The molecule has 2 aromatic carbocycles. The SMILES string of the molecule is COC(=O)C(Cc1c(O)ccc2ccccc12)=[N+]=[N-]. The Morgan fingerprint density at radius 2 is 2.05 bits per heavy atom. The zero-order valence-electron chi connectivity index (χ0n) is 10.3. The largest absolute Gasteiger partial charge is 0.508 e. The molecule has 0 saturated heterocycles. The number of rotatable bonds is 3. The van der Waals surface area contributed by atoms with Gasteiger partial charge >= 0.3 is 11.7 Å². The third-order valence-corrected chi connectivity index (χ3v) is 2.90. The molecule has 0 amide bonds. The van der Waals surface area contributed by atoms with Gasteiger partial charge in [0.1, 0.15) is 5.75 Å². The molecular weight excluding hydrogens is 244 g/mol. The first-order chi connectivity index (χ1) is 9.17. The first-order valence-corrected chi connectivity index (χ1v) is 5.66. The Labute approximate surface area is 109 Å². The summed E-state index contributed by atoms with van der Waals surface area (Å²) in [6.45, 7) is 0. The van der Waals surface area contributed by atoms with Gasteiger partial charge in [-0.15, -0.1) is 0 Å². The number of hydrogen-bond donors (Lipinski definition) is 1. The van der Waals surface area contributed by atoms with Gasteiger partial charge in [0.2, 0.25) is 0 Å². The molecule has 1 N–H and O–H groups in total. The fourth-order valence-corrected chi connectivity index (χ4v) is 1.94. The normalized spacial score (nSPS) is 9.95. The van der Waals surface area contributed by atoms with Gasteiger partial charge in [0.25, 0.3) is 0 Å². The Balaban J connectivity index is 2.53. The van der Waals surface area contributed by atoms with Gasteiger partial charge in [0, 0.05) is 5.56 Å². The topological polar surface area (TPSA) is 82.9 Å². The van der Waals surface area contributed by atoms with Crippen molar-refractivity contribution in [3.05, 3.63) is 47.5 Å². The van der Waals surface area contributed by atoms with Crippen molar-refractivity contribution in [2.45, 2.75) is 6.42 Å². The molecule has 5 nitrogen and oxygen atoms in total. The zero-order chi connectivity index (χ0) is 13.8. The van der Waals surface area contributed by atoms with Crippen LogP contribution in [0, 0.1) is 0 Å². The first kappa shape index (κ1) is 12.8. The lowest BCUT2D eigenvalue weighted by molar-refractivity contribution is -0.137. The number of phenols is 1. The van der Waals surface area contributed by atoms with E-state index in [9.17, 15) is 9.90 Å². The van der Waals surface area contributed by atoms with Crippen LogP contribution >= 0.6 is 0 Å². The molecule has 0 radical (unpaired) electrons. The molecule has 0 aliphatic rings. The average molecular weight is 256 g/mol. The summed E-state index contributed by atoms with van der Waals surface area (Å²) in [5.74, 6) is -0.682. The summed E-state index contributed by atoms with van der Waals surface area (Å²) in [5.41, 5.74) is 9.22. The molecule has 0 fully saturated rings. The molecular formula is C14H12N2O3. The summed E-state index contributed by atoms with van der Waals surface area (Å²) < 4.78 is 4.52. The molecule has 0 saturated carbocycles. The minimum Gasteiger partial charge on any atom is -0.508 e. The Morgan fingerprint density at radius 1 is 1.32 bits per heavy atom. The van der Waals surface area contributed by atoms with E-state index >= 15 is 0 Å². The molecule has 0 aromatic heterocycles. The number of nitrogens with zero attached hydrogens (tertiary/aromatic N) is 2. The van der Waals surface area contributed by atoms with Crippen LogP contribution in [0.5, 0.6) is 5.75 Å². The second-order valence-corrected chi connectivity index (χ2v) is 4.00. The number of aromatic hydroxyl groups is 1. The van der Waals surface area contributed by atoms with Gasteiger partial charge in [-0.1, -0.05) is 30.3 Å². The smallest absolute Gasteiger partial charge is 0.416 e. The lowest BCUT2D eigenvalue weighted by atomic mass is 9.99. The molecule has 0 spiro atoms. The molecule has 0 bridgehead atoms. The minimum absolute atomic E-state index is 0.00361. The third-order valence-electron chi connectivity index (χ3n) is 2.90. The van der Waals surface area contributed by atoms with Crippen LogP contribution in [-0.4, -0.2) is 28.7 Å². The van der Waals surface area contributed by atoms with E-state index in [0.717, 1.165) is 10.8 Å². The van der Waals surface area contributed by atoms with E-state index < -0.39 is 5.97 Å². The third kappa shape index (κ3) is 2.46. The first-order valence-electron chi connectivity index (χ1n) is 5.66. The Hall–Kier alpha value is -2.65. The fourth-order valence-electron chi connectivity index (χ4n) is 1.94. The van der Waals surface area contributed by atoms with Crippen LogP contribution in [0.25, 0.3) is 16.3 Å². The summed E-state index contributed by atoms with van der Waals surface area (Å²) >= 11 is 0. The number of methoxy groups -OCH3 is 1. The van der Waals surface area contributed by atoms with E-state index in [2.05, 4.69) is 9.53 Å². The summed E-state index contributed by atoms with van der Waals surface area (Å²) in [5, 5.41) is 11.6. The van der Waals surface area contributed by atoms with Crippen molar-refractivity contribution in [3.63, 3.8) is 0 Å². The standard InChI is InChI=1S/C14H12N2O3/c1-19-14(18)12(16-15)8-11-10-5-3-2-4-9(10)6-7-13(11)17/h2-7,17H,8H2,1H3. The van der Waals surface area contributed by atoms with E-state index in [4.69, 9.17) is 5.53 Å². The monoisotopic (exact) mass is 256 g/mol. The van der Waals surface area contributed by atoms with E-state index in [-0.39, 0.29) is 17.9 Å². The van der Waals surface area contributed by atoms with Crippen LogP contribution in [0.1, 0.15) is 5.56 Å². The van der Waals surface area contributed by atoms with Gasteiger partial charge in [0.05, 0.1) is 13.5 Å². The average Bonchev–Trinajstić information content (AvgIpc) is 2.45. The van der Waals surface area contributed by atoms with Crippen molar-refractivity contribution >= 4 is 22.5 Å².